The number of halogens is 2. The van der Waals surface area contributed by atoms with Gasteiger partial charge in [-0.05, 0) is 22.6 Å². The molecule has 5 nitrogen and oxygen atoms in total. The Bertz CT molecular complexity index is 487. The van der Waals surface area contributed by atoms with Crippen LogP contribution in [0.2, 0.25) is 5.15 Å². The van der Waals surface area contributed by atoms with Gasteiger partial charge in [-0.3, -0.25) is 0 Å². The minimum absolute atomic E-state index is 0.271. The van der Waals surface area contributed by atoms with Crippen molar-refractivity contribution in [3.63, 3.8) is 0 Å². The molecule has 0 atom stereocenters. The van der Waals surface area contributed by atoms with Crippen molar-refractivity contribution in [1.82, 2.24) is 19.7 Å². The lowest BCUT2D eigenvalue weighted by Crippen LogP contribution is -2.02. The van der Waals surface area contributed by atoms with Crippen molar-refractivity contribution in [3.8, 4) is 11.6 Å². The number of methoxy groups -OCH3 is 1. The van der Waals surface area contributed by atoms with Gasteiger partial charge >= 0.3 is 0 Å². The van der Waals surface area contributed by atoms with Gasteiger partial charge in [0.05, 0.1) is 16.9 Å². The highest BCUT2D eigenvalue weighted by atomic mass is 127. The van der Waals surface area contributed by atoms with Crippen LogP contribution in [0.15, 0.2) is 18.7 Å². The van der Waals surface area contributed by atoms with E-state index in [0.29, 0.717) is 11.6 Å². The zero-order valence-corrected chi connectivity index (χ0v) is 10.6. The van der Waals surface area contributed by atoms with Gasteiger partial charge in [0, 0.05) is 6.20 Å². The summed E-state index contributed by atoms with van der Waals surface area (Å²) in [5.41, 5.74) is 0. The topological polar surface area (TPSA) is 52.8 Å². The molecular formula is C8H6ClIN4O. The summed E-state index contributed by atoms with van der Waals surface area (Å²) in [5, 5.41) is 4.39. The van der Waals surface area contributed by atoms with Gasteiger partial charge in [-0.25, -0.2) is 14.6 Å². The molecule has 0 bridgehead atoms. The predicted octanol–water partition coefficient (Wildman–Crippen LogP) is 1.93. The maximum atomic E-state index is 5.87. The highest BCUT2D eigenvalue weighted by Crippen LogP contribution is 2.26. The second-order valence-corrected chi connectivity index (χ2v) is 4.23. The Morgan fingerprint density at radius 2 is 2.27 bits per heavy atom. The summed E-state index contributed by atoms with van der Waals surface area (Å²) in [4.78, 5) is 7.90. The van der Waals surface area contributed by atoms with E-state index < -0.39 is 0 Å². The fourth-order valence-electron chi connectivity index (χ4n) is 1.10. The standard InChI is InChI=1S/C8H6ClIN4O/c1-15-6-7(9)11-4-12-8(6)14-3-5(10)2-13-14/h2-4H,1H3. The molecule has 2 aromatic rings. The second-order valence-electron chi connectivity index (χ2n) is 2.62. The minimum atomic E-state index is 0.271. The third-order valence-corrected chi connectivity index (χ3v) is 2.54. The lowest BCUT2D eigenvalue weighted by Gasteiger charge is -2.07. The molecule has 7 heteroatoms. The molecule has 15 heavy (non-hydrogen) atoms. The molecule has 2 aromatic heterocycles. The smallest absolute Gasteiger partial charge is 0.201 e. The fraction of sp³-hybridized carbons (Fsp3) is 0.125. The average molecular weight is 337 g/mol. The van der Waals surface area contributed by atoms with E-state index in [-0.39, 0.29) is 5.15 Å². The lowest BCUT2D eigenvalue weighted by molar-refractivity contribution is 0.407. The highest BCUT2D eigenvalue weighted by molar-refractivity contribution is 14.1. The molecule has 2 rings (SSSR count). The van der Waals surface area contributed by atoms with Gasteiger partial charge in [-0.2, -0.15) is 5.10 Å². The monoisotopic (exact) mass is 336 g/mol. The molecule has 0 saturated carbocycles. The molecule has 0 N–H and O–H groups in total. The van der Waals surface area contributed by atoms with Crippen LogP contribution in [-0.4, -0.2) is 26.9 Å². The molecule has 78 valence electrons. The van der Waals surface area contributed by atoms with Crippen LogP contribution >= 0.6 is 34.2 Å². The van der Waals surface area contributed by atoms with E-state index in [2.05, 4.69) is 37.7 Å². The van der Waals surface area contributed by atoms with E-state index in [1.165, 1.54) is 13.4 Å². The van der Waals surface area contributed by atoms with Gasteiger partial charge in [-0.15, -0.1) is 0 Å². The van der Waals surface area contributed by atoms with E-state index in [1.54, 1.807) is 10.9 Å². The quantitative estimate of drug-likeness (QED) is 0.621. The van der Waals surface area contributed by atoms with Crippen LogP contribution in [0.3, 0.4) is 0 Å². The van der Waals surface area contributed by atoms with Crippen LogP contribution in [0.25, 0.3) is 5.82 Å². The van der Waals surface area contributed by atoms with Gasteiger partial charge in [0.2, 0.25) is 11.6 Å². The van der Waals surface area contributed by atoms with Gasteiger partial charge in [0.25, 0.3) is 0 Å². The van der Waals surface area contributed by atoms with Gasteiger partial charge in [0.1, 0.15) is 6.33 Å². The van der Waals surface area contributed by atoms with Crippen LogP contribution < -0.4 is 4.74 Å². The number of hydrogen-bond acceptors (Lipinski definition) is 4. The summed E-state index contributed by atoms with van der Waals surface area (Å²) < 4.78 is 7.72. The summed E-state index contributed by atoms with van der Waals surface area (Å²) in [6, 6.07) is 0. The number of ether oxygens (including phenoxy) is 1. The van der Waals surface area contributed by atoms with E-state index >= 15 is 0 Å². The minimum Gasteiger partial charge on any atom is -0.490 e. The highest BCUT2D eigenvalue weighted by Gasteiger charge is 2.12. The fourth-order valence-corrected chi connectivity index (χ4v) is 1.69. The van der Waals surface area contributed by atoms with Crippen molar-refractivity contribution >= 4 is 34.2 Å². The third-order valence-electron chi connectivity index (χ3n) is 1.71. The molecule has 0 radical (unpaired) electrons. The lowest BCUT2D eigenvalue weighted by atomic mass is 10.5. The van der Waals surface area contributed by atoms with E-state index in [9.17, 15) is 0 Å². The first-order chi connectivity index (χ1) is 7.22. The largest absolute Gasteiger partial charge is 0.490 e. The summed E-state index contributed by atoms with van der Waals surface area (Å²) >= 11 is 8.03. The van der Waals surface area contributed by atoms with Gasteiger partial charge in [-0.1, -0.05) is 11.6 Å². The Kier molecular flexibility index (Phi) is 3.06. The summed E-state index contributed by atoms with van der Waals surface area (Å²) in [6.45, 7) is 0. The molecule has 0 aliphatic heterocycles. The second kappa shape index (κ2) is 4.31. The number of aromatic nitrogens is 4. The molecule has 0 aromatic carbocycles. The van der Waals surface area contributed by atoms with Crippen molar-refractivity contribution in [3.05, 3.63) is 27.4 Å². The first-order valence-electron chi connectivity index (χ1n) is 3.97. The molecular weight excluding hydrogens is 330 g/mol. The first kappa shape index (κ1) is 10.6. The average Bonchev–Trinajstić information content (AvgIpc) is 2.64. The van der Waals surface area contributed by atoms with Crippen molar-refractivity contribution < 1.29 is 4.74 Å². The molecule has 0 spiro atoms. The normalized spacial score (nSPS) is 10.3. The Labute approximate surface area is 105 Å². The van der Waals surface area contributed by atoms with Crippen LogP contribution in [-0.2, 0) is 0 Å². The molecule has 0 amide bonds. The summed E-state index contributed by atoms with van der Waals surface area (Å²) in [5.74, 6) is 0.944. The molecule has 0 unspecified atom stereocenters. The van der Waals surface area contributed by atoms with E-state index in [4.69, 9.17) is 16.3 Å². The number of nitrogens with zero attached hydrogens (tertiary/aromatic N) is 4. The first-order valence-corrected chi connectivity index (χ1v) is 5.43. The third kappa shape index (κ3) is 2.05. The summed E-state index contributed by atoms with van der Waals surface area (Å²) in [7, 11) is 1.52. The predicted molar refractivity (Wildman–Crippen MR) is 63.4 cm³/mol. The van der Waals surface area contributed by atoms with Crippen molar-refractivity contribution in [2.75, 3.05) is 7.11 Å². The molecule has 0 aliphatic rings. The van der Waals surface area contributed by atoms with Crippen LogP contribution in [0.5, 0.6) is 5.75 Å². The molecule has 0 aliphatic carbocycles. The van der Waals surface area contributed by atoms with Crippen LogP contribution in [0, 0.1) is 3.57 Å². The molecule has 2 heterocycles. The zero-order valence-electron chi connectivity index (χ0n) is 7.69. The van der Waals surface area contributed by atoms with Gasteiger partial charge in [0.15, 0.2) is 5.15 Å². The Morgan fingerprint density at radius 1 is 1.47 bits per heavy atom. The maximum Gasteiger partial charge on any atom is 0.201 e. The van der Waals surface area contributed by atoms with Crippen molar-refractivity contribution in [2.45, 2.75) is 0 Å². The van der Waals surface area contributed by atoms with Crippen molar-refractivity contribution in [2.24, 2.45) is 0 Å². The SMILES string of the molecule is COc1c(Cl)ncnc1-n1cc(I)cn1. The number of hydrogen-bond donors (Lipinski definition) is 0. The Hall–Kier alpha value is -0.890. The Morgan fingerprint density at radius 3 is 2.87 bits per heavy atom. The zero-order chi connectivity index (χ0) is 10.8. The Balaban J connectivity index is 2.57. The van der Waals surface area contributed by atoms with Crippen LogP contribution in [0.4, 0.5) is 0 Å². The maximum absolute atomic E-state index is 5.87. The number of rotatable bonds is 2. The van der Waals surface area contributed by atoms with Crippen LogP contribution in [0.1, 0.15) is 0 Å². The van der Waals surface area contributed by atoms with Crippen molar-refractivity contribution in [1.29, 1.82) is 0 Å². The van der Waals surface area contributed by atoms with Gasteiger partial charge < -0.3 is 4.74 Å². The summed E-state index contributed by atoms with van der Waals surface area (Å²) in [6.07, 6.45) is 4.91. The molecule has 0 fully saturated rings. The van der Waals surface area contributed by atoms with E-state index in [1.807, 2.05) is 6.20 Å². The molecule has 0 saturated heterocycles. The van der Waals surface area contributed by atoms with E-state index in [0.717, 1.165) is 3.57 Å².